The number of anilines is 2. The van der Waals surface area contributed by atoms with Gasteiger partial charge in [-0.25, -0.2) is 4.79 Å². The number of amides is 1. The maximum atomic E-state index is 13.4. The van der Waals surface area contributed by atoms with Crippen LogP contribution < -0.4 is 21.9 Å². The molecule has 10 heteroatoms. The largest absolute Gasteiger partial charge is 0.383 e. The molecule has 0 radical (unpaired) electrons. The van der Waals surface area contributed by atoms with Crippen molar-refractivity contribution in [1.82, 2.24) is 14.5 Å². The summed E-state index contributed by atoms with van der Waals surface area (Å²) in [6, 6.07) is 9.22. The minimum atomic E-state index is -0.732. The number of methoxy groups -OCH3 is 1. The van der Waals surface area contributed by atoms with Gasteiger partial charge >= 0.3 is 5.69 Å². The van der Waals surface area contributed by atoms with Gasteiger partial charge in [-0.2, -0.15) is 5.26 Å². The summed E-state index contributed by atoms with van der Waals surface area (Å²) in [5.41, 5.74) is 6.19. The number of aromatic nitrogens is 2. The lowest BCUT2D eigenvalue weighted by molar-refractivity contribution is -0.119. The molecule has 1 amide bonds. The van der Waals surface area contributed by atoms with E-state index < -0.39 is 11.2 Å². The fraction of sp³-hybridized carbons (Fsp3) is 0.417. The van der Waals surface area contributed by atoms with Gasteiger partial charge in [0, 0.05) is 33.3 Å². The molecule has 1 aromatic carbocycles. The molecule has 2 rings (SSSR count). The molecule has 0 aliphatic heterocycles. The summed E-state index contributed by atoms with van der Waals surface area (Å²) in [5.74, 6) is -0.361. The molecule has 0 atom stereocenters. The van der Waals surface area contributed by atoms with Crippen LogP contribution in [0.2, 0.25) is 0 Å². The second-order valence-electron chi connectivity index (χ2n) is 8.31. The Morgan fingerprint density at radius 2 is 2.12 bits per heavy atom. The Balaban J connectivity index is 2.41. The van der Waals surface area contributed by atoms with Crippen molar-refractivity contribution in [2.75, 3.05) is 44.0 Å². The molecule has 0 spiro atoms. The first-order valence-electron chi connectivity index (χ1n) is 11.0. The highest BCUT2D eigenvalue weighted by Gasteiger charge is 2.25. The number of hydrogen-bond acceptors (Lipinski definition) is 7. The number of benzene rings is 1. The predicted octanol–water partition coefficient (Wildman–Crippen LogP) is 1.31. The number of aromatic amines is 1. The van der Waals surface area contributed by atoms with Crippen LogP contribution in [-0.4, -0.2) is 53.7 Å². The molecule has 0 unspecified atom stereocenters. The zero-order chi connectivity index (χ0) is 25.3. The highest BCUT2D eigenvalue weighted by Crippen LogP contribution is 2.18. The van der Waals surface area contributed by atoms with E-state index in [-0.39, 0.29) is 43.0 Å². The number of nitrogens with one attached hydrogen (secondary N) is 1. The summed E-state index contributed by atoms with van der Waals surface area (Å²) in [7, 11) is 1.49. The average Bonchev–Trinajstić information content (AvgIpc) is 2.78. The first-order valence-corrected chi connectivity index (χ1v) is 11.0. The number of nitriles is 1. The summed E-state index contributed by atoms with van der Waals surface area (Å²) < 4.78 is 6.41. The number of rotatable bonds is 12. The minimum absolute atomic E-state index is 0.0469. The summed E-state index contributed by atoms with van der Waals surface area (Å²) in [4.78, 5) is 43.9. The van der Waals surface area contributed by atoms with E-state index in [0.717, 1.165) is 5.56 Å². The number of nitrogen functional groups attached to an aromatic ring is 1. The third-order valence-corrected chi connectivity index (χ3v) is 5.06. The molecule has 0 saturated heterocycles. The van der Waals surface area contributed by atoms with Crippen LogP contribution in [0, 0.1) is 17.2 Å². The average molecular weight is 469 g/mol. The van der Waals surface area contributed by atoms with Gasteiger partial charge in [-0.15, -0.1) is 6.58 Å². The van der Waals surface area contributed by atoms with Crippen molar-refractivity contribution in [3.63, 3.8) is 0 Å². The van der Waals surface area contributed by atoms with Crippen LogP contribution >= 0.6 is 0 Å². The fourth-order valence-electron chi connectivity index (χ4n) is 3.57. The lowest BCUT2D eigenvalue weighted by Crippen LogP contribution is -2.46. The zero-order valence-corrected chi connectivity index (χ0v) is 19.9. The maximum Gasteiger partial charge on any atom is 0.330 e. The van der Waals surface area contributed by atoms with Gasteiger partial charge < -0.3 is 15.4 Å². The normalized spacial score (nSPS) is 10.9. The zero-order valence-electron chi connectivity index (χ0n) is 19.9. The molecular formula is C24H32N6O4. The number of carbonyl (C=O) groups is 1. The SMILES string of the molecule is C=CCN(CC(=O)N(CCOC)c1c(N)n(CC(C)C)c(=O)[nH]c1=O)Cc1cccc(C#N)c1. The van der Waals surface area contributed by atoms with E-state index in [9.17, 15) is 14.4 Å². The van der Waals surface area contributed by atoms with Crippen molar-refractivity contribution >= 4 is 17.4 Å². The van der Waals surface area contributed by atoms with E-state index >= 15 is 0 Å². The summed E-state index contributed by atoms with van der Waals surface area (Å²) in [6.45, 7) is 8.87. The van der Waals surface area contributed by atoms with Crippen LogP contribution in [0.4, 0.5) is 11.5 Å². The molecule has 1 heterocycles. The van der Waals surface area contributed by atoms with Gasteiger partial charge in [-0.1, -0.05) is 32.1 Å². The first-order chi connectivity index (χ1) is 16.2. The maximum absolute atomic E-state index is 13.4. The Bertz CT molecular complexity index is 1160. The minimum Gasteiger partial charge on any atom is -0.383 e. The Morgan fingerprint density at radius 3 is 2.74 bits per heavy atom. The monoisotopic (exact) mass is 468 g/mol. The van der Waals surface area contributed by atoms with E-state index in [1.54, 1.807) is 24.3 Å². The number of ether oxygens (including phenoxy) is 1. The molecule has 34 heavy (non-hydrogen) atoms. The Morgan fingerprint density at radius 1 is 1.38 bits per heavy atom. The predicted molar refractivity (Wildman–Crippen MR) is 131 cm³/mol. The molecule has 3 N–H and O–H groups in total. The van der Waals surface area contributed by atoms with E-state index in [1.807, 2.05) is 24.8 Å². The van der Waals surface area contributed by atoms with Gasteiger partial charge in [0.1, 0.15) is 5.82 Å². The standard InChI is InChI=1S/C24H32N6O4/c1-5-9-28(15-19-8-6-7-18(12-19)13-25)16-20(31)29(10-11-34-4)21-22(26)30(14-17(2)3)24(33)27-23(21)32/h5-8,12,17H,1,9-11,14-16,26H2,2-4H3,(H,27,32,33). The van der Waals surface area contributed by atoms with Gasteiger partial charge in [-0.05, 0) is 23.6 Å². The number of H-pyrrole nitrogens is 1. The number of hydrogen-bond donors (Lipinski definition) is 2. The lowest BCUT2D eigenvalue weighted by Gasteiger charge is -2.28. The topological polar surface area (TPSA) is 137 Å². The number of nitrogens with zero attached hydrogens (tertiary/aromatic N) is 4. The Labute approximate surface area is 198 Å². The van der Waals surface area contributed by atoms with Crippen LogP contribution in [0.1, 0.15) is 25.0 Å². The molecule has 10 nitrogen and oxygen atoms in total. The lowest BCUT2D eigenvalue weighted by atomic mass is 10.1. The Hall–Kier alpha value is -3.68. The molecule has 0 aliphatic rings. The fourth-order valence-corrected chi connectivity index (χ4v) is 3.57. The number of nitrogens with two attached hydrogens (primary N) is 1. The molecular weight excluding hydrogens is 436 g/mol. The van der Waals surface area contributed by atoms with Gasteiger partial charge in [0.15, 0.2) is 5.69 Å². The third-order valence-electron chi connectivity index (χ3n) is 5.06. The highest BCUT2D eigenvalue weighted by molar-refractivity contribution is 5.96. The van der Waals surface area contributed by atoms with Crippen molar-refractivity contribution < 1.29 is 9.53 Å². The van der Waals surface area contributed by atoms with E-state index in [4.69, 9.17) is 15.7 Å². The molecule has 0 bridgehead atoms. The van der Waals surface area contributed by atoms with Crippen molar-refractivity contribution in [2.45, 2.75) is 26.9 Å². The van der Waals surface area contributed by atoms with Crippen molar-refractivity contribution in [2.24, 2.45) is 5.92 Å². The van der Waals surface area contributed by atoms with E-state index in [1.165, 1.54) is 16.6 Å². The molecule has 182 valence electrons. The van der Waals surface area contributed by atoms with Crippen molar-refractivity contribution in [3.05, 3.63) is 68.9 Å². The van der Waals surface area contributed by atoms with Crippen LogP contribution in [0.25, 0.3) is 0 Å². The number of carbonyl (C=O) groups excluding carboxylic acids is 1. The van der Waals surface area contributed by atoms with Gasteiger partial charge in [0.25, 0.3) is 5.56 Å². The summed E-state index contributed by atoms with van der Waals surface area (Å²) in [6.07, 6.45) is 1.67. The summed E-state index contributed by atoms with van der Waals surface area (Å²) in [5, 5.41) is 9.15. The van der Waals surface area contributed by atoms with Gasteiger partial charge in [-0.3, -0.25) is 24.0 Å². The molecule has 0 saturated carbocycles. The Kier molecular flexibility index (Phi) is 9.79. The van der Waals surface area contributed by atoms with Crippen molar-refractivity contribution in [1.29, 1.82) is 5.26 Å². The van der Waals surface area contributed by atoms with E-state index in [0.29, 0.717) is 25.2 Å². The van der Waals surface area contributed by atoms with Gasteiger partial charge in [0.2, 0.25) is 5.91 Å². The summed E-state index contributed by atoms with van der Waals surface area (Å²) >= 11 is 0. The molecule has 0 fully saturated rings. The smallest absolute Gasteiger partial charge is 0.330 e. The molecule has 2 aromatic rings. The van der Waals surface area contributed by atoms with Crippen molar-refractivity contribution in [3.8, 4) is 6.07 Å². The second-order valence-corrected chi connectivity index (χ2v) is 8.31. The quantitative estimate of drug-likeness (QED) is 0.448. The van der Waals surface area contributed by atoms with Gasteiger partial charge in [0.05, 0.1) is 24.8 Å². The van der Waals surface area contributed by atoms with Crippen LogP contribution in [0.15, 0.2) is 46.5 Å². The first kappa shape index (κ1) is 26.6. The van der Waals surface area contributed by atoms with Crippen LogP contribution in [0.5, 0.6) is 0 Å². The van der Waals surface area contributed by atoms with Crippen LogP contribution in [-0.2, 0) is 22.6 Å². The highest BCUT2D eigenvalue weighted by atomic mass is 16.5. The molecule has 0 aliphatic carbocycles. The van der Waals surface area contributed by atoms with E-state index in [2.05, 4.69) is 17.6 Å². The van der Waals surface area contributed by atoms with Crippen LogP contribution in [0.3, 0.4) is 0 Å². The third kappa shape index (κ3) is 6.91. The molecule has 1 aromatic heterocycles. The second kappa shape index (κ2) is 12.5.